The van der Waals surface area contributed by atoms with Crippen LogP contribution in [0.15, 0.2) is 43.2 Å². The third-order valence-electron chi connectivity index (χ3n) is 6.40. The number of hydrogen-bond acceptors (Lipinski definition) is 8. The van der Waals surface area contributed by atoms with Crippen LogP contribution in [0.2, 0.25) is 0 Å². The monoisotopic (exact) mass is 636 g/mol. The molecule has 0 radical (unpaired) electrons. The lowest BCUT2D eigenvalue weighted by atomic mass is 10.1. The zero-order valence-electron chi connectivity index (χ0n) is 20.9. The average molecular weight is 638 g/mol. The van der Waals surface area contributed by atoms with Gasteiger partial charge in [0.2, 0.25) is 0 Å². The van der Waals surface area contributed by atoms with Gasteiger partial charge in [-0.3, -0.25) is 19.8 Å². The van der Waals surface area contributed by atoms with Gasteiger partial charge in [0.25, 0.3) is 0 Å². The molecule has 2 aromatic rings. The van der Waals surface area contributed by atoms with Gasteiger partial charge in [-0.1, -0.05) is 31.9 Å². The molecule has 2 heterocycles. The molecule has 0 amide bonds. The summed E-state index contributed by atoms with van der Waals surface area (Å²) < 4.78 is 12.7. The third kappa shape index (κ3) is 8.59. The lowest BCUT2D eigenvalue weighted by Crippen LogP contribution is -2.35. The first-order valence-corrected chi connectivity index (χ1v) is 14.2. The number of benzene rings is 2. The zero-order chi connectivity index (χ0) is 26.0. The van der Waals surface area contributed by atoms with Crippen LogP contribution >= 0.6 is 31.9 Å². The minimum absolute atomic E-state index is 0.273. The van der Waals surface area contributed by atoms with E-state index in [0.29, 0.717) is 37.3 Å². The summed E-state index contributed by atoms with van der Waals surface area (Å²) in [6, 6.07) is 7.68. The predicted octanol–water partition coefficient (Wildman–Crippen LogP) is 4.22. The van der Waals surface area contributed by atoms with E-state index in [0.717, 1.165) is 79.1 Å². The Labute approximate surface area is 235 Å². The highest BCUT2D eigenvalue weighted by molar-refractivity contribution is 9.10. The van der Waals surface area contributed by atoms with Crippen molar-refractivity contribution in [3.05, 3.63) is 55.5 Å². The predicted molar refractivity (Wildman–Crippen MR) is 153 cm³/mol. The van der Waals surface area contributed by atoms with Gasteiger partial charge in [-0.2, -0.15) is 0 Å². The first-order valence-electron chi connectivity index (χ1n) is 12.6. The van der Waals surface area contributed by atoms with E-state index >= 15 is 0 Å². The zero-order valence-corrected chi connectivity index (χ0v) is 24.1. The summed E-state index contributed by atoms with van der Waals surface area (Å²) in [7, 11) is 0. The molecule has 2 aromatic carbocycles. The summed E-state index contributed by atoms with van der Waals surface area (Å²) in [6.07, 6.45) is 4.22. The number of ether oxygens (including phenoxy) is 2. The van der Waals surface area contributed by atoms with Gasteiger partial charge in [0.1, 0.15) is 11.5 Å². The van der Waals surface area contributed by atoms with Crippen molar-refractivity contribution >= 4 is 44.3 Å². The van der Waals surface area contributed by atoms with Gasteiger partial charge in [-0.05, 0) is 30.7 Å². The maximum Gasteiger partial charge on any atom is 0.128 e. The Balaban J connectivity index is 1.28. The molecule has 2 aliphatic rings. The van der Waals surface area contributed by atoms with Crippen LogP contribution in [0.5, 0.6) is 11.5 Å². The fourth-order valence-electron chi connectivity index (χ4n) is 4.37. The number of hydrogen-bond donors (Lipinski definition) is 2. The van der Waals surface area contributed by atoms with E-state index in [2.05, 4.69) is 51.6 Å². The molecule has 37 heavy (non-hydrogen) atoms. The number of morpholine rings is 2. The maximum atomic E-state index is 10.8. The second-order valence-corrected chi connectivity index (χ2v) is 11.0. The Morgan fingerprint density at radius 1 is 0.703 bits per heavy atom. The summed E-state index contributed by atoms with van der Waals surface area (Å²) in [5.41, 5.74) is 3.16. The second kappa shape index (κ2) is 14.4. The highest BCUT2D eigenvalue weighted by atomic mass is 79.9. The first kappa shape index (κ1) is 28.2. The Hall–Kier alpha value is -1.82. The van der Waals surface area contributed by atoms with Crippen LogP contribution in [0, 0.1) is 0 Å². The smallest absolute Gasteiger partial charge is 0.128 e. The first-order chi connectivity index (χ1) is 18.0. The fourth-order valence-corrected chi connectivity index (χ4v) is 5.42. The molecule has 0 bridgehead atoms. The normalized spacial score (nSPS) is 17.8. The molecule has 0 unspecified atom stereocenters. The van der Waals surface area contributed by atoms with Gasteiger partial charge >= 0.3 is 0 Å². The summed E-state index contributed by atoms with van der Waals surface area (Å²) in [5, 5.41) is 21.5. The molecule has 8 nitrogen and oxygen atoms in total. The van der Waals surface area contributed by atoms with Crippen LogP contribution in [0.4, 0.5) is 0 Å². The van der Waals surface area contributed by atoms with Crippen molar-refractivity contribution < 1.29 is 19.7 Å². The van der Waals surface area contributed by atoms with Gasteiger partial charge in [0.05, 0.1) is 26.4 Å². The van der Waals surface area contributed by atoms with Gasteiger partial charge in [-0.25, -0.2) is 0 Å². The number of halogens is 2. The molecular formula is C27H34Br2N4O4. The van der Waals surface area contributed by atoms with Crippen LogP contribution in [-0.4, -0.2) is 98.1 Å². The lowest BCUT2D eigenvalue weighted by molar-refractivity contribution is 0.0338. The second-order valence-electron chi connectivity index (χ2n) is 9.21. The number of aliphatic imine (C=N–C) groups is 2. The fraction of sp³-hybridized carbons (Fsp3) is 0.481. The molecule has 0 atom stereocenters. The molecule has 0 aliphatic carbocycles. The van der Waals surface area contributed by atoms with Gasteiger partial charge in [-0.15, -0.1) is 0 Å². The maximum absolute atomic E-state index is 10.8. The van der Waals surface area contributed by atoms with Crippen LogP contribution < -0.4 is 0 Å². The SMILES string of the molecule is Oc1c(C=NCCCN=Cc2cc(Br)cc(CN3CCOCC3)c2O)cc(Br)cc1CN1CCOCC1. The Morgan fingerprint density at radius 2 is 1.11 bits per heavy atom. The Morgan fingerprint density at radius 3 is 1.51 bits per heavy atom. The van der Waals surface area contributed by atoms with Crippen LogP contribution in [0.25, 0.3) is 0 Å². The molecule has 4 rings (SSSR count). The third-order valence-corrected chi connectivity index (χ3v) is 7.31. The standard InChI is InChI=1S/C27H34Br2N4O4/c28-24-12-20(26(34)22(14-24)18-32-4-8-36-9-5-32)16-30-2-1-3-31-17-21-13-25(29)15-23(27(21)35)19-33-6-10-37-11-7-33/h12-17,34-35H,1-11,18-19H2. The molecule has 200 valence electrons. The average Bonchev–Trinajstić information content (AvgIpc) is 2.89. The van der Waals surface area contributed by atoms with Crippen LogP contribution in [-0.2, 0) is 22.6 Å². The van der Waals surface area contributed by atoms with E-state index in [1.165, 1.54) is 0 Å². The number of phenolic OH excluding ortho intramolecular Hbond substituents is 2. The molecule has 2 N–H and O–H groups in total. The van der Waals surface area contributed by atoms with Crippen molar-refractivity contribution in [2.24, 2.45) is 9.98 Å². The highest BCUT2D eigenvalue weighted by Gasteiger charge is 2.16. The molecule has 10 heteroatoms. The van der Waals surface area contributed by atoms with Gasteiger partial charge < -0.3 is 19.7 Å². The minimum Gasteiger partial charge on any atom is -0.507 e. The van der Waals surface area contributed by atoms with Gasteiger partial charge in [0.15, 0.2) is 0 Å². The van der Waals surface area contributed by atoms with E-state index in [4.69, 9.17) is 9.47 Å². The highest BCUT2D eigenvalue weighted by Crippen LogP contribution is 2.29. The molecule has 0 spiro atoms. The minimum atomic E-state index is 0.273. The topological polar surface area (TPSA) is 90.1 Å². The molecule has 2 fully saturated rings. The molecule has 2 aliphatic heterocycles. The van der Waals surface area contributed by atoms with E-state index < -0.39 is 0 Å². The number of rotatable bonds is 10. The molecular weight excluding hydrogens is 604 g/mol. The van der Waals surface area contributed by atoms with Crippen LogP contribution in [0.1, 0.15) is 28.7 Å². The quantitative estimate of drug-likeness (QED) is 0.300. The number of nitrogens with zero attached hydrogens (tertiary/aromatic N) is 4. The van der Waals surface area contributed by atoms with E-state index in [-0.39, 0.29) is 11.5 Å². The number of phenols is 2. The van der Waals surface area contributed by atoms with E-state index in [9.17, 15) is 10.2 Å². The lowest BCUT2D eigenvalue weighted by Gasteiger charge is -2.27. The van der Waals surface area contributed by atoms with Crippen LogP contribution in [0.3, 0.4) is 0 Å². The molecule has 0 saturated carbocycles. The van der Waals surface area contributed by atoms with E-state index in [1.54, 1.807) is 12.4 Å². The van der Waals surface area contributed by atoms with E-state index in [1.807, 2.05) is 24.3 Å². The summed E-state index contributed by atoms with van der Waals surface area (Å²) in [6.45, 7) is 8.90. The van der Waals surface area contributed by atoms with Crippen molar-refractivity contribution in [2.75, 3.05) is 65.7 Å². The summed E-state index contributed by atoms with van der Waals surface area (Å²) >= 11 is 7.11. The Kier molecular flexibility index (Phi) is 10.9. The molecule has 0 aromatic heterocycles. The van der Waals surface area contributed by atoms with Crippen molar-refractivity contribution in [3.8, 4) is 11.5 Å². The van der Waals surface area contributed by atoms with Gasteiger partial charge in [0, 0.05) is 96.0 Å². The number of aromatic hydroxyl groups is 2. The summed E-state index contributed by atoms with van der Waals surface area (Å²) in [5.74, 6) is 0.545. The molecule has 2 saturated heterocycles. The largest absolute Gasteiger partial charge is 0.507 e. The van der Waals surface area contributed by atoms with Crippen molar-refractivity contribution in [1.29, 1.82) is 0 Å². The van der Waals surface area contributed by atoms with Crippen molar-refractivity contribution in [2.45, 2.75) is 19.5 Å². The Bertz CT molecular complexity index is 1010. The van der Waals surface area contributed by atoms with Crippen molar-refractivity contribution in [3.63, 3.8) is 0 Å². The summed E-state index contributed by atoms with van der Waals surface area (Å²) in [4.78, 5) is 13.6. The van der Waals surface area contributed by atoms with Crippen molar-refractivity contribution in [1.82, 2.24) is 9.80 Å².